The van der Waals surface area contributed by atoms with Gasteiger partial charge in [-0.1, -0.05) is 0 Å². The highest BCUT2D eigenvalue weighted by molar-refractivity contribution is 7.14. The predicted octanol–water partition coefficient (Wildman–Crippen LogP) is 1.62. The highest BCUT2D eigenvalue weighted by Crippen LogP contribution is 2.26. The SMILES string of the molecule is CNCC(=O)Nc1nc(-c2ccc(CNC(C)=O)o2)cs1.Cl. The Morgan fingerprint density at radius 1 is 1.36 bits per heavy atom. The number of rotatable bonds is 6. The van der Waals surface area contributed by atoms with Gasteiger partial charge < -0.3 is 20.4 Å². The highest BCUT2D eigenvalue weighted by atomic mass is 35.5. The fourth-order valence-electron chi connectivity index (χ4n) is 1.59. The van der Waals surface area contributed by atoms with E-state index in [1.807, 2.05) is 0 Å². The Hall–Kier alpha value is -1.90. The molecule has 2 rings (SSSR count). The van der Waals surface area contributed by atoms with Gasteiger partial charge in [-0.2, -0.15) is 0 Å². The first-order valence-corrected chi connectivity index (χ1v) is 7.20. The average molecular weight is 345 g/mol. The maximum absolute atomic E-state index is 11.4. The van der Waals surface area contributed by atoms with Crippen LogP contribution in [0.3, 0.4) is 0 Å². The Morgan fingerprint density at radius 3 is 2.82 bits per heavy atom. The summed E-state index contributed by atoms with van der Waals surface area (Å²) in [5, 5.41) is 10.4. The third kappa shape index (κ3) is 5.14. The summed E-state index contributed by atoms with van der Waals surface area (Å²) < 4.78 is 5.59. The Morgan fingerprint density at radius 2 is 2.14 bits per heavy atom. The molecule has 0 saturated heterocycles. The number of anilines is 1. The normalized spacial score (nSPS) is 9.91. The molecular weight excluding hydrogens is 328 g/mol. The van der Waals surface area contributed by atoms with E-state index in [-0.39, 0.29) is 30.8 Å². The number of hydrogen-bond donors (Lipinski definition) is 3. The zero-order valence-corrected chi connectivity index (χ0v) is 13.8. The quantitative estimate of drug-likeness (QED) is 0.740. The minimum absolute atomic E-state index is 0. The van der Waals surface area contributed by atoms with Gasteiger partial charge in [0.1, 0.15) is 11.5 Å². The summed E-state index contributed by atoms with van der Waals surface area (Å²) in [5.74, 6) is 0.981. The molecule has 2 heterocycles. The molecule has 0 aliphatic rings. The van der Waals surface area contributed by atoms with Crippen LogP contribution >= 0.6 is 23.7 Å². The Balaban J connectivity index is 0.00000242. The van der Waals surface area contributed by atoms with Crippen molar-refractivity contribution in [3.05, 3.63) is 23.3 Å². The maximum atomic E-state index is 11.4. The first-order valence-electron chi connectivity index (χ1n) is 6.32. The van der Waals surface area contributed by atoms with Crippen LogP contribution in [0.4, 0.5) is 5.13 Å². The largest absolute Gasteiger partial charge is 0.458 e. The average Bonchev–Trinajstić information content (AvgIpc) is 3.05. The number of carbonyl (C=O) groups is 2. The van der Waals surface area contributed by atoms with Crippen LogP contribution in [0.25, 0.3) is 11.5 Å². The predicted molar refractivity (Wildman–Crippen MR) is 87.1 cm³/mol. The van der Waals surface area contributed by atoms with Crippen LogP contribution in [-0.4, -0.2) is 30.4 Å². The number of halogens is 1. The van der Waals surface area contributed by atoms with Gasteiger partial charge in [-0.05, 0) is 19.2 Å². The van der Waals surface area contributed by atoms with Crippen LogP contribution in [-0.2, 0) is 16.1 Å². The Kier molecular flexibility index (Phi) is 7.03. The van der Waals surface area contributed by atoms with Gasteiger partial charge >= 0.3 is 0 Å². The van der Waals surface area contributed by atoms with Gasteiger partial charge in [0.05, 0.1) is 13.1 Å². The standard InChI is InChI=1S/C13H16N4O3S.ClH/c1-8(18)15-5-9-3-4-11(20-9)10-7-21-13(16-10)17-12(19)6-14-2;/h3-4,7,14H,5-6H2,1-2H3,(H,15,18)(H,16,17,19);1H. The van der Waals surface area contributed by atoms with Crippen molar-refractivity contribution in [3.8, 4) is 11.5 Å². The lowest BCUT2D eigenvalue weighted by Crippen LogP contribution is -2.24. The van der Waals surface area contributed by atoms with E-state index in [0.29, 0.717) is 28.9 Å². The van der Waals surface area contributed by atoms with Crippen molar-refractivity contribution in [2.75, 3.05) is 18.9 Å². The molecule has 0 bridgehead atoms. The fraction of sp³-hybridized carbons (Fsp3) is 0.308. The number of likely N-dealkylation sites (N-methyl/N-ethyl adjacent to an activating group) is 1. The number of hydrogen-bond acceptors (Lipinski definition) is 6. The number of nitrogens with zero attached hydrogens (tertiary/aromatic N) is 1. The van der Waals surface area contributed by atoms with Gasteiger partial charge in [0.25, 0.3) is 0 Å². The minimum atomic E-state index is -0.149. The van der Waals surface area contributed by atoms with Gasteiger partial charge in [-0.25, -0.2) is 4.98 Å². The molecule has 0 radical (unpaired) electrons. The molecule has 0 fully saturated rings. The zero-order chi connectivity index (χ0) is 15.2. The van der Waals surface area contributed by atoms with E-state index in [9.17, 15) is 9.59 Å². The second-order valence-corrected chi connectivity index (χ2v) is 5.15. The lowest BCUT2D eigenvalue weighted by atomic mass is 10.3. The second-order valence-electron chi connectivity index (χ2n) is 4.29. The van der Waals surface area contributed by atoms with E-state index in [0.717, 1.165) is 0 Å². The van der Waals surface area contributed by atoms with Gasteiger partial charge in [0.15, 0.2) is 10.9 Å². The molecular formula is C13H17ClN4O3S. The van der Waals surface area contributed by atoms with Crippen molar-refractivity contribution >= 4 is 40.7 Å². The smallest absolute Gasteiger partial charge is 0.240 e. The molecule has 0 atom stereocenters. The summed E-state index contributed by atoms with van der Waals surface area (Å²) >= 11 is 1.33. The van der Waals surface area contributed by atoms with Crippen molar-refractivity contribution in [1.29, 1.82) is 0 Å². The molecule has 9 heteroatoms. The van der Waals surface area contributed by atoms with Crippen LogP contribution in [0, 0.1) is 0 Å². The van der Waals surface area contributed by atoms with Crippen LogP contribution in [0.5, 0.6) is 0 Å². The van der Waals surface area contributed by atoms with Crippen LogP contribution < -0.4 is 16.0 Å². The molecule has 2 amide bonds. The molecule has 0 spiro atoms. The molecule has 0 saturated carbocycles. The minimum Gasteiger partial charge on any atom is -0.458 e. The molecule has 2 aromatic rings. The third-order valence-corrected chi connectivity index (χ3v) is 3.27. The van der Waals surface area contributed by atoms with Crippen molar-refractivity contribution in [1.82, 2.24) is 15.6 Å². The zero-order valence-electron chi connectivity index (χ0n) is 12.1. The number of amides is 2. The highest BCUT2D eigenvalue weighted by Gasteiger charge is 2.11. The van der Waals surface area contributed by atoms with E-state index in [1.165, 1.54) is 18.3 Å². The monoisotopic (exact) mass is 344 g/mol. The summed E-state index contributed by atoms with van der Waals surface area (Å²) in [4.78, 5) is 26.6. The molecule has 7 nitrogen and oxygen atoms in total. The number of furan rings is 1. The lowest BCUT2D eigenvalue weighted by Gasteiger charge is -1.99. The molecule has 3 N–H and O–H groups in total. The molecule has 0 aromatic carbocycles. The molecule has 22 heavy (non-hydrogen) atoms. The van der Waals surface area contributed by atoms with E-state index >= 15 is 0 Å². The lowest BCUT2D eigenvalue weighted by molar-refractivity contribution is -0.119. The van der Waals surface area contributed by atoms with Crippen LogP contribution in [0.2, 0.25) is 0 Å². The van der Waals surface area contributed by atoms with Crippen molar-refractivity contribution in [2.24, 2.45) is 0 Å². The molecule has 2 aromatic heterocycles. The van der Waals surface area contributed by atoms with Crippen LogP contribution in [0.1, 0.15) is 12.7 Å². The van der Waals surface area contributed by atoms with E-state index < -0.39 is 0 Å². The van der Waals surface area contributed by atoms with E-state index in [1.54, 1.807) is 24.6 Å². The second kappa shape index (κ2) is 8.52. The van der Waals surface area contributed by atoms with Crippen molar-refractivity contribution in [3.63, 3.8) is 0 Å². The van der Waals surface area contributed by atoms with Gasteiger partial charge in [-0.15, -0.1) is 23.7 Å². The Labute approximate surface area is 137 Å². The van der Waals surface area contributed by atoms with Crippen LogP contribution in [0.15, 0.2) is 21.9 Å². The fourth-order valence-corrected chi connectivity index (χ4v) is 2.31. The van der Waals surface area contributed by atoms with Crippen molar-refractivity contribution in [2.45, 2.75) is 13.5 Å². The van der Waals surface area contributed by atoms with Crippen molar-refractivity contribution < 1.29 is 14.0 Å². The first kappa shape index (κ1) is 18.1. The topological polar surface area (TPSA) is 96.3 Å². The van der Waals surface area contributed by atoms with Gasteiger partial charge in [-0.3, -0.25) is 9.59 Å². The van der Waals surface area contributed by atoms with Gasteiger partial charge in [0, 0.05) is 12.3 Å². The van der Waals surface area contributed by atoms with E-state index in [2.05, 4.69) is 20.9 Å². The van der Waals surface area contributed by atoms with Gasteiger partial charge in [0.2, 0.25) is 11.8 Å². The molecule has 0 unspecified atom stereocenters. The molecule has 0 aliphatic carbocycles. The maximum Gasteiger partial charge on any atom is 0.240 e. The summed E-state index contributed by atoms with van der Waals surface area (Å²) in [5.41, 5.74) is 0.647. The summed E-state index contributed by atoms with van der Waals surface area (Å²) in [6.07, 6.45) is 0. The first-order chi connectivity index (χ1) is 10.1. The van der Waals surface area contributed by atoms with E-state index in [4.69, 9.17) is 4.42 Å². The summed E-state index contributed by atoms with van der Waals surface area (Å²) in [7, 11) is 1.70. The molecule has 0 aliphatic heterocycles. The number of nitrogens with one attached hydrogen (secondary N) is 3. The summed E-state index contributed by atoms with van der Waals surface area (Å²) in [6.45, 7) is 2.02. The Bertz CT molecular complexity index is 641. The third-order valence-electron chi connectivity index (χ3n) is 2.51. The number of aromatic nitrogens is 1. The molecule has 120 valence electrons. The summed E-state index contributed by atoms with van der Waals surface area (Å²) in [6, 6.07) is 3.56. The number of thiazole rings is 1. The number of carbonyl (C=O) groups excluding carboxylic acids is 2.